The monoisotopic (exact) mass is 256 g/mol. The fourth-order valence-corrected chi connectivity index (χ4v) is 2.29. The first-order valence-electron chi connectivity index (χ1n) is 5.72. The fraction of sp³-hybridized carbons (Fsp3) is 0.538. The third-order valence-electron chi connectivity index (χ3n) is 3.00. The molecule has 1 aromatic carbocycles. The zero-order valence-corrected chi connectivity index (χ0v) is 10.9. The molecule has 0 amide bonds. The van der Waals surface area contributed by atoms with E-state index < -0.39 is 0 Å². The maximum atomic E-state index is 6.16. The van der Waals surface area contributed by atoms with Crippen LogP contribution in [0.25, 0.3) is 0 Å². The smallest absolute Gasteiger partial charge is 0.161 e. The van der Waals surface area contributed by atoms with Gasteiger partial charge in [-0.3, -0.25) is 0 Å². The van der Waals surface area contributed by atoms with E-state index >= 15 is 0 Å². The summed E-state index contributed by atoms with van der Waals surface area (Å²) in [6.45, 7) is 0.715. The predicted molar refractivity (Wildman–Crippen MR) is 67.1 cm³/mol. The van der Waals surface area contributed by atoms with Crippen molar-refractivity contribution in [2.24, 2.45) is 0 Å². The van der Waals surface area contributed by atoms with Crippen LogP contribution in [0, 0.1) is 0 Å². The molecule has 0 N–H and O–H groups in total. The molecule has 0 radical (unpaired) electrons. The number of rotatable bonds is 3. The summed E-state index contributed by atoms with van der Waals surface area (Å²) in [6.07, 6.45) is 1.83. The Labute approximate surface area is 107 Å². The van der Waals surface area contributed by atoms with Crippen LogP contribution in [0.15, 0.2) is 18.2 Å². The van der Waals surface area contributed by atoms with E-state index in [1.54, 1.807) is 14.2 Å². The molecule has 0 spiro atoms. The van der Waals surface area contributed by atoms with Crippen molar-refractivity contribution in [3.8, 4) is 11.5 Å². The Balaban J connectivity index is 2.20. The van der Waals surface area contributed by atoms with Crippen molar-refractivity contribution in [2.45, 2.75) is 24.3 Å². The van der Waals surface area contributed by atoms with Crippen molar-refractivity contribution in [1.29, 1.82) is 0 Å². The van der Waals surface area contributed by atoms with Gasteiger partial charge in [0.25, 0.3) is 0 Å². The van der Waals surface area contributed by atoms with E-state index in [-0.39, 0.29) is 11.5 Å². The van der Waals surface area contributed by atoms with Gasteiger partial charge in [0.15, 0.2) is 11.5 Å². The largest absolute Gasteiger partial charge is 0.493 e. The van der Waals surface area contributed by atoms with Gasteiger partial charge in [-0.05, 0) is 30.5 Å². The molecule has 94 valence electrons. The lowest BCUT2D eigenvalue weighted by molar-refractivity contribution is 0.0167. The second-order valence-corrected chi connectivity index (χ2v) is 4.71. The van der Waals surface area contributed by atoms with Crippen LogP contribution in [0.2, 0.25) is 0 Å². The number of ether oxygens (including phenoxy) is 3. The van der Waals surface area contributed by atoms with Gasteiger partial charge in [-0.2, -0.15) is 0 Å². The molecule has 1 aliphatic rings. The summed E-state index contributed by atoms with van der Waals surface area (Å²) in [4.78, 5) is 0. The van der Waals surface area contributed by atoms with Crippen LogP contribution < -0.4 is 9.47 Å². The Morgan fingerprint density at radius 2 is 2.00 bits per heavy atom. The van der Waals surface area contributed by atoms with Crippen LogP contribution in [0.5, 0.6) is 11.5 Å². The van der Waals surface area contributed by atoms with Crippen LogP contribution in [0.3, 0.4) is 0 Å². The number of methoxy groups -OCH3 is 2. The van der Waals surface area contributed by atoms with Gasteiger partial charge in [0.2, 0.25) is 0 Å². The van der Waals surface area contributed by atoms with Gasteiger partial charge < -0.3 is 14.2 Å². The molecule has 0 saturated carbocycles. The zero-order chi connectivity index (χ0) is 12.3. The molecule has 0 bridgehead atoms. The Kier molecular flexibility index (Phi) is 4.13. The summed E-state index contributed by atoms with van der Waals surface area (Å²) in [5.41, 5.74) is 1.09. The third-order valence-corrected chi connectivity index (χ3v) is 3.40. The Morgan fingerprint density at radius 3 is 2.65 bits per heavy atom. The van der Waals surface area contributed by atoms with E-state index in [0.717, 1.165) is 29.9 Å². The fourth-order valence-electron chi connectivity index (χ4n) is 2.04. The lowest BCUT2D eigenvalue weighted by atomic mass is 10.0. The van der Waals surface area contributed by atoms with E-state index in [4.69, 9.17) is 25.8 Å². The number of hydrogen-bond donors (Lipinski definition) is 0. The molecule has 2 unspecified atom stereocenters. The van der Waals surface area contributed by atoms with Crippen molar-refractivity contribution in [1.82, 2.24) is 0 Å². The normalized spacial score (nSPS) is 24.4. The minimum atomic E-state index is 0.0612. The molecule has 1 saturated heterocycles. The molecule has 2 rings (SSSR count). The topological polar surface area (TPSA) is 27.7 Å². The number of hydrogen-bond acceptors (Lipinski definition) is 3. The first kappa shape index (κ1) is 12.5. The van der Waals surface area contributed by atoms with Crippen LogP contribution in [-0.4, -0.2) is 26.2 Å². The lowest BCUT2D eigenvalue weighted by Crippen LogP contribution is -2.19. The number of halogens is 1. The molecular formula is C13H17ClO3. The second-order valence-electron chi connectivity index (χ2n) is 4.10. The molecule has 1 fully saturated rings. The molecule has 2 atom stereocenters. The highest BCUT2D eigenvalue weighted by molar-refractivity contribution is 6.20. The maximum Gasteiger partial charge on any atom is 0.161 e. The van der Waals surface area contributed by atoms with Gasteiger partial charge in [-0.15, -0.1) is 11.6 Å². The van der Waals surface area contributed by atoms with Gasteiger partial charge in [-0.1, -0.05) is 6.07 Å². The molecular weight excluding hydrogens is 240 g/mol. The van der Waals surface area contributed by atoms with Crippen LogP contribution >= 0.6 is 11.6 Å². The van der Waals surface area contributed by atoms with Crippen LogP contribution in [0.4, 0.5) is 0 Å². The molecule has 17 heavy (non-hydrogen) atoms. The van der Waals surface area contributed by atoms with Gasteiger partial charge in [0.05, 0.1) is 20.3 Å². The SMILES string of the molecule is COc1ccc(C2CC(Cl)CCO2)cc1OC. The van der Waals surface area contributed by atoms with E-state index in [9.17, 15) is 0 Å². The maximum absolute atomic E-state index is 6.16. The highest BCUT2D eigenvalue weighted by Gasteiger charge is 2.23. The van der Waals surface area contributed by atoms with Crippen molar-refractivity contribution >= 4 is 11.6 Å². The van der Waals surface area contributed by atoms with Crippen molar-refractivity contribution < 1.29 is 14.2 Å². The lowest BCUT2D eigenvalue weighted by Gasteiger charge is -2.26. The third kappa shape index (κ3) is 2.85. The quantitative estimate of drug-likeness (QED) is 0.778. The molecule has 1 heterocycles. The van der Waals surface area contributed by atoms with Crippen molar-refractivity contribution in [3.63, 3.8) is 0 Å². The van der Waals surface area contributed by atoms with Crippen LogP contribution in [-0.2, 0) is 4.74 Å². The minimum absolute atomic E-state index is 0.0612. The molecule has 0 aliphatic carbocycles. The standard InChI is InChI=1S/C13H17ClO3/c1-15-11-4-3-9(7-13(11)16-2)12-8-10(14)5-6-17-12/h3-4,7,10,12H,5-6,8H2,1-2H3. The van der Waals surface area contributed by atoms with E-state index in [2.05, 4.69) is 0 Å². The first-order valence-corrected chi connectivity index (χ1v) is 6.16. The van der Waals surface area contributed by atoms with Crippen LogP contribution in [0.1, 0.15) is 24.5 Å². The average molecular weight is 257 g/mol. The molecule has 3 nitrogen and oxygen atoms in total. The number of alkyl halides is 1. The highest BCUT2D eigenvalue weighted by atomic mass is 35.5. The van der Waals surface area contributed by atoms with Gasteiger partial charge >= 0.3 is 0 Å². The van der Waals surface area contributed by atoms with E-state index in [0.29, 0.717) is 6.61 Å². The summed E-state index contributed by atoms with van der Waals surface area (Å²) in [5.74, 6) is 1.46. The molecule has 1 aliphatic heterocycles. The summed E-state index contributed by atoms with van der Waals surface area (Å²) in [5, 5.41) is 0.196. The van der Waals surface area contributed by atoms with Gasteiger partial charge in [0, 0.05) is 12.0 Å². The second kappa shape index (κ2) is 5.61. The minimum Gasteiger partial charge on any atom is -0.493 e. The van der Waals surface area contributed by atoms with E-state index in [1.807, 2.05) is 18.2 Å². The van der Waals surface area contributed by atoms with Gasteiger partial charge in [-0.25, -0.2) is 0 Å². The Bertz CT molecular complexity index is 381. The molecule has 1 aromatic rings. The molecule has 0 aromatic heterocycles. The van der Waals surface area contributed by atoms with Gasteiger partial charge in [0.1, 0.15) is 0 Å². The summed E-state index contributed by atoms with van der Waals surface area (Å²) < 4.78 is 16.2. The summed E-state index contributed by atoms with van der Waals surface area (Å²) >= 11 is 6.16. The number of benzene rings is 1. The van der Waals surface area contributed by atoms with Crippen molar-refractivity contribution in [2.75, 3.05) is 20.8 Å². The highest BCUT2D eigenvalue weighted by Crippen LogP contribution is 2.35. The molecule has 4 heteroatoms. The van der Waals surface area contributed by atoms with E-state index in [1.165, 1.54) is 0 Å². The Hall–Kier alpha value is -0.930. The average Bonchev–Trinajstić information content (AvgIpc) is 2.38. The predicted octanol–water partition coefficient (Wildman–Crippen LogP) is 3.16. The first-order chi connectivity index (χ1) is 8.24. The Morgan fingerprint density at radius 1 is 1.24 bits per heavy atom. The zero-order valence-electron chi connectivity index (χ0n) is 10.1. The van der Waals surface area contributed by atoms with Crippen molar-refractivity contribution in [3.05, 3.63) is 23.8 Å². The summed E-state index contributed by atoms with van der Waals surface area (Å²) in [6, 6.07) is 5.86. The summed E-state index contributed by atoms with van der Waals surface area (Å²) in [7, 11) is 3.26.